The van der Waals surface area contributed by atoms with Crippen molar-refractivity contribution in [2.75, 3.05) is 7.11 Å². The van der Waals surface area contributed by atoms with Crippen molar-refractivity contribution in [3.8, 4) is 0 Å². The summed E-state index contributed by atoms with van der Waals surface area (Å²) in [6.07, 6.45) is 1.52. The Morgan fingerprint density at radius 2 is 1.84 bits per heavy atom. The van der Waals surface area contributed by atoms with Gasteiger partial charge in [-0.25, -0.2) is 4.79 Å². The molecule has 0 bridgehead atoms. The number of aromatic nitrogens is 1. The quantitative estimate of drug-likeness (QED) is 0.628. The van der Waals surface area contributed by atoms with Gasteiger partial charge in [0.05, 0.1) is 24.0 Å². The molecule has 2 radical (unpaired) electrons. The van der Waals surface area contributed by atoms with Gasteiger partial charge in [-0.05, 0) is 31.0 Å². The molecule has 0 fully saturated rings. The predicted octanol–water partition coefficient (Wildman–Crippen LogP) is 2.96. The van der Waals surface area contributed by atoms with Gasteiger partial charge in [-0.2, -0.15) is 0 Å². The van der Waals surface area contributed by atoms with E-state index < -0.39 is 5.60 Å². The van der Waals surface area contributed by atoms with Crippen LogP contribution < -0.4 is 0 Å². The zero-order valence-corrected chi connectivity index (χ0v) is 13.4. The van der Waals surface area contributed by atoms with Crippen LogP contribution in [0.3, 0.4) is 0 Å². The van der Waals surface area contributed by atoms with E-state index in [1.165, 1.54) is 13.3 Å². The van der Waals surface area contributed by atoms with Gasteiger partial charge >= 0.3 is 5.97 Å². The van der Waals surface area contributed by atoms with Crippen LogP contribution in [0.1, 0.15) is 50.7 Å². The van der Waals surface area contributed by atoms with E-state index in [0.717, 1.165) is 5.69 Å². The number of hydrogen-bond donors (Lipinski definition) is 0. The molecule has 5 heteroatoms. The number of esters is 1. The standard InChI is InChI=1S/C14H21NO3Si/c1-13(2,3)19-18-14(4,5)11-8-7-10(9-15-11)12(16)17-6/h7-9H,1-6H3. The number of carbonyl (C=O) groups is 1. The molecule has 0 amide bonds. The summed E-state index contributed by atoms with van der Waals surface area (Å²) in [5, 5.41) is 0.128. The molecule has 0 spiro atoms. The van der Waals surface area contributed by atoms with Crippen molar-refractivity contribution in [3.05, 3.63) is 29.6 Å². The Bertz CT molecular complexity index is 435. The molecule has 4 nitrogen and oxygen atoms in total. The highest BCUT2D eigenvalue weighted by Crippen LogP contribution is 2.28. The van der Waals surface area contributed by atoms with E-state index in [0.29, 0.717) is 15.3 Å². The Kier molecular flexibility index (Phi) is 4.87. The summed E-state index contributed by atoms with van der Waals surface area (Å²) in [7, 11) is 1.73. The fraction of sp³-hybridized carbons (Fsp3) is 0.571. The molecule has 0 aromatic carbocycles. The number of nitrogens with zero attached hydrogens (tertiary/aromatic N) is 1. The Balaban J connectivity index is 2.81. The van der Waals surface area contributed by atoms with Gasteiger partial charge < -0.3 is 9.16 Å². The molecular formula is C14H21NO3Si. The summed E-state index contributed by atoms with van der Waals surface area (Å²) in [6.45, 7) is 10.4. The highest BCUT2D eigenvalue weighted by molar-refractivity contribution is 6.31. The monoisotopic (exact) mass is 279 g/mol. The maximum Gasteiger partial charge on any atom is 0.339 e. The van der Waals surface area contributed by atoms with Crippen LogP contribution >= 0.6 is 0 Å². The second kappa shape index (κ2) is 5.84. The van der Waals surface area contributed by atoms with Crippen LogP contribution in [0.4, 0.5) is 0 Å². The second-order valence-electron chi connectivity index (χ2n) is 5.89. The first-order valence-electron chi connectivity index (χ1n) is 6.16. The maximum atomic E-state index is 11.3. The topological polar surface area (TPSA) is 48.4 Å². The van der Waals surface area contributed by atoms with Crippen molar-refractivity contribution < 1.29 is 14.0 Å². The first kappa shape index (κ1) is 15.9. The highest BCUT2D eigenvalue weighted by atomic mass is 28.2. The first-order chi connectivity index (χ1) is 8.65. The SMILES string of the molecule is COC(=O)c1ccc(C(C)(C)O[Si]C(C)(C)C)nc1. The third-order valence-electron chi connectivity index (χ3n) is 2.41. The van der Waals surface area contributed by atoms with Crippen LogP contribution in [-0.2, 0) is 14.8 Å². The third-order valence-corrected chi connectivity index (χ3v) is 3.64. The van der Waals surface area contributed by atoms with E-state index in [-0.39, 0.29) is 11.0 Å². The smallest absolute Gasteiger partial charge is 0.339 e. The van der Waals surface area contributed by atoms with Crippen molar-refractivity contribution in [1.82, 2.24) is 4.98 Å². The summed E-state index contributed by atoms with van der Waals surface area (Å²) in [5.74, 6) is -0.380. The van der Waals surface area contributed by atoms with E-state index in [1.807, 2.05) is 13.8 Å². The van der Waals surface area contributed by atoms with Crippen molar-refractivity contribution in [2.24, 2.45) is 0 Å². The van der Waals surface area contributed by atoms with Crippen LogP contribution in [0.25, 0.3) is 0 Å². The molecule has 0 aliphatic rings. The van der Waals surface area contributed by atoms with Crippen molar-refractivity contribution >= 4 is 15.7 Å². The van der Waals surface area contributed by atoms with Gasteiger partial charge in [0.2, 0.25) is 9.76 Å². The Hall–Kier alpha value is -1.20. The summed E-state index contributed by atoms with van der Waals surface area (Å²) in [4.78, 5) is 15.6. The Morgan fingerprint density at radius 1 is 1.21 bits per heavy atom. The molecule has 0 N–H and O–H groups in total. The summed E-state index contributed by atoms with van der Waals surface area (Å²) in [6, 6.07) is 3.51. The molecule has 19 heavy (non-hydrogen) atoms. The van der Waals surface area contributed by atoms with Gasteiger partial charge in [-0.15, -0.1) is 0 Å². The van der Waals surface area contributed by atoms with E-state index in [4.69, 9.17) is 4.43 Å². The largest absolute Gasteiger partial charge is 0.465 e. The Morgan fingerprint density at radius 3 is 2.26 bits per heavy atom. The van der Waals surface area contributed by atoms with Gasteiger partial charge in [0.1, 0.15) is 0 Å². The first-order valence-corrected chi connectivity index (χ1v) is 7.06. The fourth-order valence-corrected chi connectivity index (χ4v) is 1.99. The fourth-order valence-electron chi connectivity index (χ4n) is 1.32. The van der Waals surface area contributed by atoms with Crippen LogP contribution in [0.15, 0.2) is 18.3 Å². The zero-order valence-electron chi connectivity index (χ0n) is 12.4. The maximum absolute atomic E-state index is 11.3. The van der Waals surface area contributed by atoms with Gasteiger partial charge in [0, 0.05) is 6.20 Å². The second-order valence-corrected chi connectivity index (χ2v) is 7.80. The number of rotatable bonds is 4. The molecule has 0 atom stereocenters. The minimum absolute atomic E-state index is 0.128. The Labute approximate surface area is 117 Å². The van der Waals surface area contributed by atoms with Crippen molar-refractivity contribution in [2.45, 2.75) is 45.3 Å². The molecule has 1 aromatic rings. The summed E-state index contributed by atoms with van der Waals surface area (Å²) < 4.78 is 10.6. The molecule has 104 valence electrons. The molecule has 0 saturated heterocycles. The lowest BCUT2D eigenvalue weighted by atomic mass is 10.0. The summed E-state index contributed by atoms with van der Waals surface area (Å²) in [5.41, 5.74) is 0.776. The number of ether oxygens (including phenoxy) is 1. The van der Waals surface area contributed by atoms with Crippen LogP contribution in [0.5, 0.6) is 0 Å². The molecule has 0 aliphatic carbocycles. The lowest BCUT2D eigenvalue weighted by Gasteiger charge is -2.28. The predicted molar refractivity (Wildman–Crippen MR) is 75.2 cm³/mol. The van der Waals surface area contributed by atoms with E-state index in [2.05, 4.69) is 30.5 Å². The van der Waals surface area contributed by atoms with E-state index >= 15 is 0 Å². The number of carbonyl (C=O) groups excluding carboxylic acids is 1. The molecule has 1 rings (SSSR count). The molecule has 1 aromatic heterocycles. The average Bonchev–Trinajstić information content (AvgIpc) is 2.35. The minimum atomic E-state index is -0.472. The number of pyridine rings is 1. The molecular weight excluding hydrogens is 258 g/mol. The van der Waals surface area contributed by atoms with E-state index in [1.54, 1.807) is 12.1 Å². The van der Waals surface area contributed by atoms with Gasteiger partial charge in [0.25, 0.3) is 0 Å². The van der Waals surface area contributed by atoms with Gasteiger partial charge in [-0.1, -0.05) is 20.8 Å². The minimum Gasteiger partial charge on any atom is -0.465 e. The van der Waals surface area contributed by atoms with Crippen molar-refractivity contribution in [1.29, 1.82) is 0 Å². The lowest BCUT2D eigenvalue weighted by Crippen LogP contribution is -2.28. The summed E-state index contributed by atoms with van der Waals surface area (Å²) >= 11 is 0. The number of hydrogen-bond acceptors (Lipinski definition) is 4. The van der Waals surface area contributed by atoms with Crippen LogP contribution in [0, 0.1) is 0 Å². The molecule has 0 saturated carbocycles. The van der Waals surface area contributed by atoms with Crippen LogP contribution in [0.2, 0.25) is 5.04 Å². The van der Waals surface area contributed by atoms with Gasteiger partial charge in [-0.3, -0.25) is 4.98 Å². The van der Waals surface area contributed by atoms with Gasteiger partial charge in [0.15, 0.2) is 0 Å². The normalized spacial score (nSPS) is 12.3. The van der Waals surface area contributed by atoms with Crippen LogP contribution in [-0.4, -0.2) is 27.8 Å². The molecule has 0 aliphatic heterocycles. The molecule has 0 unspecified atom stereocenters. The zero-order chi connectivity index (χ0) is 14.7. The molecule has 1 heterocycles. The third kappa shape index (κ3) is 4.76. The van der Waals surface area contributed by atoms with Crippen molar-refractivity contribution in [3.63, 3.8) is 0 Å². The number of methoxy groups -OCH3 is 1. The highest BCUT2D eigenvalue weighted by Gasteiger charge is 2.26. The van der Waals surface area contributed by atoms with E-state index in [9.17, 15) is 4.79 Å². The lowest BCUT2D eigenvalue weighted by molar-refractivity contribution is 0.0599. The average molecular weight is 279 g/mol.